The molecule has 1 N–H and O–H groups in total. The summed E-state index contributed by atoms with van der Waals surface area (Å²) in [6, 6.07) is 6.68. The first-order valence-electron chi connectivity index (χ1n) is 6.30. The fourth-order valence-corrected chi connectivity index (χ4v) is 1.72. The summed E-state index contributed by atoms with van der Waals surface area (Å²) >= 11 is 0. The van der Waals surface area contributed by atoms with Crippen molar-refractivity contribution in [2.75, 3.05) is 25.1 Å². The molecular weight excluding hydrogens is 217 g/mol. The molecule has 3 heteroatoms. The highest BCUT2D eigenvalue weighted by atomic mass is 19.1. The Morgan fingerprint density at radius 1 is 1.35 bits per heavy atom. The van der Waals surface area contributed by atoms with Gasteiger partial charge in [-0.25, -0.2) is 4.39 Å². The van der Waals surface area contributed by atoms with Crippen molar-refractivity contribution in [2.45, 2.75) is 26.7 Å². The van der Waals surface area contributed by atoms with Crippen LogP contribution in [0.25, 0.3) is 0 Å². The number of rotatable bonds is 8. The zero-order chi connectivity index (χ0) is 12.5. The molecule has 0 aliphatic carbocycles. The Balaban J connectivity index is 2.10. The molecule has 0 aromatic heterocycles. The lowest BCUT2D eigenvalue weighted by molar-refractivity contribution is 0.110. The zero-order valence-electron chi connectivity index (χ0n) is 10.7. The van der Waals surface area contributed by atoms with E-state index in [1.54, 1.807) is 12.1 Å². The number of hydrogen-bond acceptors (Lipinski definition) is 2. The van der Waals surface area contributed by atoms with Gasteiger partial charge in [0.1, 0.15) is 5.82 Å². The smallest absolute Gasteiger partial charge is 0.146 e. The Hall–Kier alpha value is -1.09. The Morgan fingerprint density at radius 3 is 2.82 bits per heavy atom. The predicted molar refractivity (Wildman–Crippen MR) is 69.8 cm³/mol. The summed E-state index contributed by atoms with van der Waals surface area (Å²) < 4.78 is 18.7. The van der Waals surface area contributed by atoms with Crippen LogP contribution in [-0.2, 0) is 4.74 Å². The van der Waals surface area contributed by atoms with Crippen molar-refractivity contribution < 1.29 is 9.13 Å². The summed E-state index contributed by atoms with van der Waals surface area (Å²) in [6.45, 7) is 6.40. The number of ether oxygens (including phenoxy) is 1. The van der Waals surface area contributed by atoms with Crippen LogP contribution in [0.3, 0.4) is 0 Å². The van der Waals surface area contributed by atoms with Gasteiger partial charge in [-0.15, -0.1) is 0 Å². The van der Waals surface area contributed by atoms with Crippen molar-refractivity contribution in [3.05, 3.63) is 30.1 Å². The lowest BCUT2D eigenvalue weighted by Gasteiger charge is -2.11. The van der Waals surface area contributed by atoms with Gasteiger partial charge in [-0.3, -0.25) is 0 Å². The zero-order valence-corrected chi connectivity index (χ0v) is 10.7. The fraction of sp³-hybridized carbons (Fsp3) is 0.571. The number of halogens is 1. The van der Waals surface area contributed by atoms with E-state index in [1.165, 1.54) is 18.9 Å². The van der Waals surface area contributed by atoms with Gasteiger partial charge >= 0.3 is 0 Å². The molecular formula is C14H22FNO. The van der Waals surface area contributed by atoms with E-state index in [2.05, 4.69) is 19.2 Å². The normalized spacial score (nSPS) is 12.4. The third-order valence-electron chi connectivity index (χ3n) is 2.62. The van der Waals surface area contributed by atoms with Crippen LogP contribution >= 0.6 is 0 Å². The first-order chi connectivity index (χ1) is 8.24. The maximum atomic E-state index is 13.2. The van der Waals surface area contributed by atoms with E-state index < -0.39 is 0 Å². The summed E-state index contributed by atoms with van der Waals surface area (Å²) in [7, 11) is 0. The third-order valence-corrected chi connectivity index (χ3v) is 2.62. The molecule has 1 aromatic rings. The fourth-order valence-electron chi connectivity index (χ4n) is 1.72. The van der Waals surface area contributed by atoms with E-state index in [-0.39, 0.29) is 5.82 Å². The minimum Gasteiger partial charge on any atom is -0.380 e. The van der Waals surface area contributed by atoms with Crippen molar-refractivity contribution in [1.29, 1.82) is 0 Å². The van der Waals surface area contributed by atoms with Crippen molar-refractivity contribution in [1.82, 2.24) is 0 Å². The van der Waals surface area contributed by atoms with Crippen LogP contribution in [0.1, 0.15) is 26.7 Å². The van der Waals surface area contributed by atoms with E-state index >= 15 is 0 Å². The van der Waals surface area contributed by atoms with Crippen LogP contribution in [0, 0.1) is 11.7 Å². The van der Waals surface area contributed by atoms with E-state index in [0.717, 1.165) is 6.61 Å². The van der Waals surface area contributed by atoms with E-state index in [0.29, 0.717) is 24.8 Å². The molecule has 0 bridgehead atoms. The monoisotopic (exact) mass is 239 g/mol. The van der Waals surface area contributed by atoms with Crippen molar-refractivity contribution in [2.24, 2.45) is 5.92 Å². The molecule has 17 heavy (non-hydrogen) atoms. The van der Waals surface area contributed by atoms with Gasteiger partial charge in [0.2, 0.25) is 0 Å². The van der Waals surface area contributed by atoms with Gasteiger partial charge in [0.05, 0.1) is 12.3 Å². The summed E-state index contributed by atoms with van der Waals surface area (Å²) in [5, 5.41) is 3.02. The third kappa shape index (κ3) is 5.68. The molecule has 0 amide bonds. The summed E-state index contributed by atoms with van der Waals surface area (Å²) in [4.78, 5) is 0. The number of benzene rings is 1. The largest absolute Gasteiger partial charge is 0.380 e. The average Bonchev–Trinajstić information content (AvgIpc) is 2.31. The Morgan fingerprint density at radius 2 is 2.12 bits per heavy atom. The second kappa shape index (κ2) is 8.07. The molecule has 2 nitrogen and oxygen atoms in total. The van der Waals surface area contributed by atoms with Crippen LogP contribution in [0.2, 0.25) is 0 Å². The highest BCUT2D eigenvalue weighted by Gasteiger charge is 2.01. The molecule has 1 unspecified atom stereocenters. The van der Waals surface area contributed by atoms with E-state index in [1.807, 2.05) is 6.07 Å². The number of anilines is 1. The van der Waals surface area contributed by atoms with E-state index in [4.69, 9.17) is 4.74 Å². The molecule has 0 heterocycles. The second-order valence-electron chi connectivity index (χ2n) is 4.38. The van der Waals surface area contributed by atoms with Crippen LogP contribution in [-0.4, -0.2) is 19.8 Å². The topological polar surface area (TPSA) is 21.3 Å². The molecule has 0 spiro atoms. The predicted octanol–water partition coefficient (Wildman–Crippen LogP) is 3.69. The first-order valence-corrected chi connectivity index (χ1v) is 6.30. The maximum absolute atomic E-state index is 13.2. The van der Waals surface area contributed by atoms with Crippen molar-refractivity contribution >= 4 is 5.69 Å². The lowest BCUT2D eigenvalue weighted by atomic mass is 10.1. The number of hydrogen-bond donors (Lipinski definition) is 1. The van der Waals surface area contributed by atoms with Crippen molar-refractivity contribution in [3.63, 3.8) is 0 Å². The molecule has 0 saturated carbocycles. The molecule has 0 radical (unpaired) electrons. The lowest BCUT2D eigenvalue weighted by Crippen LogP contribution is -2.13. The molecule has 96 valence electrons. The minimum absolute atomic E-state index is 0.216. The molecule has 0 aliphatic rings. The first kappa shape index (κ1) is 14.0. The molecule has 1 rings (SSSR count). The maximum Gasteiger partial charge on any atom is 0.146 e. The standard InChI is InChI=1S/C14H22FNO/c1-3-6-12(2)11-17-10-9-16-14-8-5-4-7-13(14)15/h4-5,7-8,12,16H,3,6,9-11H2,1-2H3. The van der Waals surface area contributed by atoms with Gasteiger partial charge in [0, 0.05) is 13.2 Å². The quantitative estimate of drug-likeness (QED) is 0.698. The average molecular weight is 239 g/mol. The molecule has 0 saturated heterocycles. The molecule has 0 fully saturated rings. The minimum atomic E-state index is -0.216. The summed E-state index contributed by atoms with van der Waals surface area (Å²) in [5.74, 6) is 0.389. The van der Waals surface area contributed by atoms with Gasteiger partial charge in [-0.1, -0.05) is 32.4 Å². The second-order valence-corrected chi connectivity index (χ2v) is 4.38. The highest BCUT2D eigenvalue weighted by molar-refractivity contribution is 5.44. The number of nitrogens with one attached hydrogen (secondary N) is 1. The van der Waals surface area contributed by atoms with Gasteiger partial charge in [-0.2, -0.15) is 0 Å². The highest BCUT2D eigenvalue weighted by Crippen LogP contribution is 2.11. The molecule has 0 aliphatic heterocycles. The van der Waals surface area contributed by atoms with E-state index in [9.17, 15) is 4.39 Å². The molecule has 1 atom stereocenters. The van der Waals surface area contributed by atoms with Crippen molar-refractivity contribution in [3.8, 4) is 0 Å². The Labute approximate surface area is 103 Å². The SMILES string of the molecule is CCCC(C)COCCNc1ccccc1F. The Kier molecular flexibility index (Phi) is 6.63. The molecule has 1 aromatic carbocycles. The van der Waals surface area contributed by atoms with Crippen LogP contribution in [0.5, 0.6) is 0 Å². The summed E-state index contributed by atoms with van der Waals surface area (Å²) in [5.41, 5.74) is 0.540. The summed E-state index contributed by atoms with van der Waals surface area (Å²) in [6.07, 6.45) is 2.39. The Bertz CT molecular complexity index is 317. The number of para-hydroxylation sites is 1. The van der Waals surface area contributed by atoms with Crippen LogP contribution < -0.4 is 5.32 Å². The van der Waals surface area contributed by atoms with Gasteiger partial charge in [-0.05, 0) is 24.5 Å². The van der Waals surface area contributed by atoms with Gasteiger partial charge in [0.15, 0.2) is 0 Å². The van der Waals surface area contributed by atoms with Crippen LogP contribution in [0.15, 0.2) is 24.3 Å². The van der Waals surface area contributed by atoms with Crippen LogP contribution in [0.4, 0.5) is 10.1 Å². The van der Waals surface area contributed by atoms with Gasteiger partial charge < -0.3 is 10.1 Å². The van der Waals surface area contributed by atoms with Gasteiger partial charge in [0.25, 0.3) is 0 Å².